The quantitative estimate of drug-likeness (QED) is 0.587. The van der Waals surface area contributed by atoms with Crippen LogP contribution in [-0.4, -0.2) is 49.2 Å². The number of ether oxygens (including phenoxy) is 2. The molecule has 0 unspecified atom stereocenters. The molecule has 1 atom stereocenters. The molecule has 126 valence electrons. The summed E-state index contributed by atoms with van der Waals surface area (Å²) in [6.45, 7) is 4.88. The van der Waals surface area contributed by atoms with E-state index >= 15 is 0 Å². The third-order valence-electron chi connectivity index (χ3n) is 4.08. The van der Waals surface area contributed by atoms with E-state index in [0.717, 1.165) is 11.3 Å². The third kappa shape index (κ3) is 4.01. The zero-order valence-corrected chi connectivity index (χ0v) is 13.9. The topological polar surface area (TPSA) is 67.9 Å². The highest BCUT2D eigenvalue weighted by molar-refractivity contribution is 6.06. The molecule has 1 fully saturated rings. The number of amides is 3. The van der Waals surface area contributed by atoms with Crippen molar-refractivity contribution < 1.29 is 19.1 Å². The minimum Gasteiger partial charge on any atom is -0.497 e. The van der Waals surface area contributed by atoms with Crippen molar-refractivity contribution in [2.24, 2.45) is 0 Å². The maximum absolute atomic E-state index is 12.5. The van der Waals surface area contributed by atoms with Crippen LogP contribution in [0.4, 0.5) is 4.79 Å². The number of hydrogen-bond acceptors (Lipinski definition) is 4. The SMILES string of the molecule is CCOCCN1C(=O)N[C@](C)(CCc2ccc(OC)cc2)C1=O. The molecule has 0 radical (unpaired) electrons. The summed E-state index contributed by atoms with van der Waals surface area (Å²) in [7, 11) is 1.62. The van der Waals surface area contributed by atoms with Crippen molar-refractivity contribution in [3.8, 4) is 5.75 Å². The molecule has 1 saturated heterocycles. The molecule has 1 aromatic carbocycles. The molecule has 0 aliphatic carbocycles. The summed E-state index contributed by atoms with van der Waals surface area (Å²) in [6, 6.07) is 7.38. The molecule has 1 N–H and O–H groups in total. The predicted octanol–water partition coefficient (Wildman–Crippen LogP) is 1.97. The van der Waals surface area contributed by atoms with Gasteiger partial charge in [-0.1, -0.05) is 12.1 Å². The number of carbonyl (C=O) groups excluding carboxylic acids is 2. The third-order valence-corrected chi connectivity index (χ3v) is 4.08. The van der Waals surface area contributed by atoms with Gasteiger partial charge < -0.3 is 14.8 Å². The Morgan fingerprint density at radius 1 is 1.22 bits per heavy atom. The van der Waals surface area contributed by atoms with E-state index in [1.807, 2.05) is 31.2 Å². The molecule has 1 aliphatic heterocycles. The molecule has 23 heavy (non-hydrogen) atoms. The van der Waals surface area contributed by atoms with E-state index in [1.165, 1.54) is 4.90 Å². The highest BCUT2D eigenvalue weighted by atomic mass is 16.5. The predicted molar refractivity (Wildman–Crippen MR) is 86.5 cm³/mol. The second-order valence-electron chi connectivity index (χ2n) is 5.76. The van der Waals surface area contributed by atoms with Gasteiger partial charge in [0.1, 0.15) is 11.3 Å². The Morgan fingerprint density at radius 3 is 2.52 bits per heavy atom. The van der Waals surface area contributed by atoms with Gasteiger partial charge in [-0.25, -0.2) is 4.79 Å². The Hall–Kier alpha value is -2.08. The molecule has 1 aliphatic rings. The Labute approximate surface area is 136 Å². The number of rotatable bonds is 8. The molecule has 0 bridgehead atoms. The lowest BCUT2D eigenvalue weighted by molar-refractivity contribution is -0.131. The first-order chi connectivity index (χ1) is 11.0. The normalized spacial score (nSPS) is 20.7. The Kier molecular flexibility index (Phi) is 5.60. The van der Waals surface area contributed by atoms with Crippen LogP contribution < -0.4 is 10.1 Å². The van der Waals surface area contributed by atoms with Crippen LogP contribution in [0, 0.1) is 0 Å². The van der Waals surface area contributed by atoms with E-state index in [1.54, 1.807) is 14.0 Å². The molecule has 0 saturated carbocycles. The number of benzene rings is 1. The van der Waals surface area contributed by atoms with Crippen molar-refractivity contribution in [3.05, 3.63) is 29.8 Å². The number of nitrogens with one attached hydrogen (secondary N) is 1. The van der Waals surface area contributed by atoms with Crippen molar-refractivity contribution in [2.45, 2.75) is 32.2 Å². The number of hydrogen-bond donors (Lipinski definition) is 1. The van der Waals surface area contributed by atoms with Gasteiger partial charge in [-0.15, -0.1) is 0 Å². The molecule has 0 aromatic heterocycles. The maximum atomic E-state index is 12.5. The number of aryl methyl sites for hydroxylation is 1. The van der Waals surface area contributed by atoms with E-state index in [-0.39, 0.29) is 18.5 Å². The minimum atomic E-state index is -0.858. The van der Waals surface area contributed by atoms with E-state index in [9.17, 15) is 9.59 Å². The number of nitrogens with zero attached hydrogens (tertiary/aromatic N) is 1. The molecular weight excluding hydrogens is 296 g/mol. The Balaban J connectivity index is 1.95. The number of urea groups is 1. The van der Waals surface area contributed by atoms with Crippen LogP contribution in [0.25, 0.3) is 0 Å². The fourth-order valence-electron chi connectivity index (χ4n) is 2.61. The number of carbonyl (C=O) groups is 2. The summed E-state index contributed by atoms with van der Waals surface area (Å²) >= 11 is 0. The van der Waals surface area contributed by atoms with Gasteiger partial charge in [-0.2, -0.15) is 0 Å². The van der Waals surface area contributed by atoms with Crippen LogP contribution in [0.2, 0.25) is 0 Å². The van der Waals surface area contributed by atoms with Gasteiger partial charge >= 0.3 is 6.03 Å². The van der Waals surface area contributed by atoms with Gasteiger partial charge in [0, 0.05) is 6.61 Å². The molecule has 6 heteroatoms. The van der Waals surface area contributed by atoms with Gasteiger partial charge in [-0.05, 0) is 44.4 Å². The van der Waals surface area contributed by atoms with Gasteiger partial charge in [0.25, 0.3) is 5.91 Å². The summed E-state index contributed by atoms with van der Waals surface area (Å²) in [5.74, 6) is 0.614. The zero-order valence-electron chi connectivity index (χ0n) is 13.9. The minimum absolute atomic E-state index is 0.185. The second kappa shape index (κ2) is 7.46. The van der Waals surface area contributed by atoms with E-state index in [2.05, 4.69) is 5.32 Å². The summed E-state index contributed by atoms with van der Waals surface area (Å²) in [6.07, 6.45) is 1.25. The molecule has 1 heterocycles. The molecule has 1 aromatic rings. The van der Waals surface area contributed by atoms with Crippen LogP contribution in [-0.2, 0) is 16.0 Å². The van der Waals surface area contributed by atoms with E-state index in [0.29, 0.717) is 26.1 Å². The first-order valence-electron chi connectivity index (χ1n) is 7.85. The van der Waals surface area contributed by atoms with Crippen molar-refractivity contribution in [2.75, 3.05) is 26.9 Å². The van der Waals surface area contributed by atoms with Gasteiger partial charge in [0.2, 0.25) is 0 Å². The van der Waals surface area contributed by atoms with Gasteiger partial charge in [-0.3, -0.25) is 9.69 Å². The smallest absolute Gasteiger partial charge is 0.325 e. The van der Waals surface area contributed by atoms with Crippen molar-refractivity contribution >= 4 is 11.9 Å². The zero-order chi connectivity index (χ0) is 16.9. The Morgan fingerprint density at radius 2 is 1.91 bits per heavy atom. The van der Waals surface area contributed by atoms with Gasteiger partial charge in [0.05, 0.1) is 20.3 Å². The molecular formula is C17H24N2O4. The summed E-state index contributed by atoms with van der Waals surface area (Å²) in [4.78, 5) is 25.8. The number of imide groups is 1. The van der Waals surface area contributed by atoms with E-state index in [4.69, 9.17) is 9.47 Å². The molecule has 6 nitrogen and oxygen atoms in total. The van der Waals surface area contributed by atoms with Crippen molar-refractivity contribution in [1.29, 1.82) is 0 Å². The fourth-order valence-corrected chi connectivity index (χ4v) is 2.61. The fraction of sp³-hybridized carbons (Fsp3) is 0.529. The van der Waals surface area contributed by atoms with Crippen LogP contribution >= 0.6 is 0 Å². The highest BCUT2D eigenvalue weighted by Gasteiger charge is 2.46. The molecule has 2 rings (SSSR count). The largest absolute Gasteiger partial charge is 0.497 e. The van der Waals surface area contributed by atoms with Crippen LogP contribution in [0.15, 0.2) is 24.3 Å². The van der Waals surface area contributed by atoms with Crippen LogP contribution in [0.5, 0.6) is 5.75 Å². The first kappa shape index (κ1) is 17.3. The average Bonchev–Trinajstić information content (AvgIpc) is 2.77. The van der Waals surface area contributed by atoms with E-state index < -0.39 is 5.54 Å². The van der Waals surface area contributed by atoms with Crippen molar-refractivity contribution in [1.82, 2.24) is 10.2 Å². The molecule has 0 spiro atoms. The highest BCUT2D eigenvalue weighted by Crippen LogP contribution is 2.23. The van der Waals surface area contributed by atoms with Crippen LogP contribution in [0.1, 0.15) is 25.8 Å². The Bertz CT molecular complexity index is 558. The monoisotopic (exact) mass is 320 g/mol. The summed E-state index contributed by atoms with van der Waals surface area (Å²) in [5, 5.41) is 2.81. The lowest BCUT2D eigenvalue weighted by Gasteiger charge is -2.21. The van der Waals surface area contributed by atoms with Crippen LogP contribution in [0.3, 0.4) is 0 Å². The summed E-state index contributed by atoms with van der Waals surface area (Å²) in [5.41, 5.74) is 0.241. The lowest BCUT2D eigenvalue weighted by atomic mass is 9.93. The lowest BCUT2D eigenvalue weighted by Crippen LogP contribution is -2.44. The second-order valence-corrected chi connectivity index (χ2v) is 5.76. The van der Waals surface area contributed by atoms with Crippen molar-refractivity contribution in [3.63, 3.8) is 0 Å². The molecule has 3 amide bonds. The van der Waals surface area contributed by atoms with Gasteiger partial charge in [0.15, 0.2) is 0 Å². The first-order valence-corrected chi connectivity index (χ1v) is 7.85. The number of methoxy groups -OCH3 is 1. The standard InChI is InChI=1S/C17H24N2O4/c1-4-23-12-11-19-15(20)17(2,18-16(19)21)10-9-13-5-7-14(22-3)8-6-13/h5-8H,4,9-12H2,1-3H3,(H,18,21)/t17-/m1/s1. The maximum Gasteiger partial charge on any atom is 0.325 e. The summed E-state index contributed by atoms with van der Waals surface area (Å²) < 4.78 is 10.4. The average molecular weight is 320 g/mol.